The molecule has 0 saturated carbocycles. The van der Waals surface area contributed by atoms with Crippen LogP contribution in [0.1, 0.15) is 15.9 Å². The van der Waals surface area contributed by atoms with Gasteiger partial charge in [-0.2, -0.15) is 0 Å². The van der Waals surface area contributed by atoms with Gasteiger partial charge in [0.1, 0.15) is 5.82 Å². The van der Waals surface area contributed by atoms with Crippen molar-refractivity contribution in [1.29, 1.82) is 0 Å². The van der Waals surface area contributed by atoms with Crippen LogP contribution in [-0.2, 0) is 16.6 Å². The van der Waals surface area contributed by atoms with Crippen LogP contribution in [0.5, 0.6) is 0 Å². The van der Waals surface area contributed by atoms with Crippen LogP contribution in [0.2, 0.25) is 0 Å². The minimum Gasteiger partial charge on any atom is -0.349 e. The van der Waals surface area contributed by atoms with E-state index in [-0.39, 0.29) is 18.3 Å². The molecule has 7 heteroatoms. The zero-order valence-corrected chi connectivity index (χ0v) is 14.6. The molecule has 5 nitrogen and oxygen atoms in total. The van der Waals surface area contributed by atoms with Crippen molar-refractivity contribution in [3.63, 3.8) is 0 Å². The summed E-state index contributed by atoms with van der Waals surface area (Å²) < 4.78 is 38.5. The van der Waals surface area contributed by atoms with Gasteiger partial charge in [-0.1, -0.05) is 18.2 Å². The Hall–Kier alpha value is -2.67. The molecule has 0 heterocycles. The highest BCUT2D eigenvalue weighted by Gasteiger charge is 2.18. The third-order valence-corrected chi connectivity index (χ3v) is 4.60. The summed E-state index contributed by atoms with van der Waals surface area (Å²) in [4.78, 5) is 11.9. The average molecular weight is 362 g/mol. The fourth-order valence-corrected chi connectivity index (χ4v) is 3.09. The van der Waals surface area contributed by atoms with Gasteiger partial charge < -0.3 is 5.32 Å². The fourth-order valence-electron chi connectivity index (χ4n) is 2.20. The Morgan fingerprint density at radius 1 is 1.16 bits per heavy atom. The summed E-state index contributed by atoms with van der Waals surface area (Å²) in [7, 11) is -3.55. The lowest BCUT2D eigenvalue weighted by atomic mass is 10.1. The van der Waals surface area contributed by atoms with Gasteiger partial charge in [0.25, 0.3) is 5.91 Å². The Labute approximate surface area is 146 Å². The molecular formula is C18H19FN2O3S. The normalized spacial score (nSPS) is 11.0. The molecule has 0 saturated heterocycles. The van der Waals surface area contributed by atoms with Crippen molar-refractivity contribution in [3.05, 3.63) is 78.1 Å². The van der Waals surface area contributed by atoms with E-state index in [9.17, 15) is 17.6 Å². The predicted octanol–water partition coefficient (Wildman–Crippen LogP) is 2.71. The molecule has 2 aromatic carbocycles. The van der Waals surface area contributed by atoms with Crippen molar-refractivity contribution in [2.24, 2.45) is 0 Å². The molecule has 1 amide bonds. The van der Waals surface area contributed by atoms with Crippen LogP contribution in [0.15, 0.2) is 61.2 Å². The molecule has 0 bridgehead atoms. The highest BCUT2D eigenvalue weighted by atomic mass is 32.2. The molecule has 0 aliphatic carbocycles. The molecule has 0 atom stereocenters. The Kier molecular flexibility index (Phi) is 5.93. The maximum absolute atomic E-state index is 13.0. The van der Waals surface area contributed by atoms with Crippen molar-refractivity contribution in [3.8, 4) is 0 Å². The summed E-state index contributed by atoms with van der Waals surface area (Å²) in [6.07, 6.45) is 2.67. The largest absolute Gasteiger partial charge is 0.349 e. The molecule has 0 aromatic heterocycles. The van der Waals surface area contributed by atoms with Crippen LogP contribution < -0.4 is 9.62 Å². The maximum Gasteiger partial charge on any atom is 0.251 e. The van der Waals surface area contributed by atoms with Crippen molar-refractivity contribution in [2.75, 3.05) is 17.1 Å². The van der Waals surface area contributed by atoms with Gasteiger partial charge in [0, 0.05) is 12.1 Å². The number of rotatable bonds is 7. The van der Waals surface area contributed by atoms with Gasteiger partial charge in [-0.25, -0.2) is 12.8 Å². The van der Waals surface area contributed by atoms with E-state index in [0.29, 0.717) is 23.4 Å². The first kappa shape index (κ1) is 18.7. The van der Waals surface area contributed by atoms with E-state index in [2.05, 4.69) is 11.9 Å². The molecule has 0 aliphatic rings. The number of nitrogens with zero attached hydrogens (tertiary/aromatic N) is 1. The van der Waals surface area contributed by atoms with Gasteiger partial charge >= 0.3 is 0 Å². The van der Waals surface area contributed by atoms with Crippen molar-refractivity contribution < 1.29 is 17.6 Å². The Balaban J connectivity index is 2.25. The number of amides is 1. The first-order valence-corrected chi connectivity index (χ1v) is 9.37. The molecule has 0 spiro atoms. The smallest absolute Gasteiger partial charge is 0.251 e. The van der Waals surface area contributed by atoms with Crippen molar-refractivity contribution in [2.45, 2.75) is 6.54 Å². The number of halogens is 1. The number of sulfonamides is 1. The van der Waals surface area contributed by atoms with Gasteiger partial charge in [0.15, 0.2) is 0 Å². The van der Waals surface area contributed by atoms with E-state index in [1.54, 1.807) is 30.3 Å². The molecule has 0 unspecified atom stereocenters. The number of carbonyl (C=O) groups is 1. The molecule has 25 heavy (non-hydrogen) atoms. The number of carbonyl (C=O) groups excluding carboxylic acids is 1. The van der Waals surface area contributed by atoms with Gasteiger partial charge in [0.2, 0.25) is 10.0 Å². The highest BCUT2D eigenvalue weighted by Crippen LogP contribution is 2.21. The Morgan fingerprint density at radius 3 is 2.28 bits per heavy atom. The van der Waals surface area contributed by atoms with Crippen LogP contribution in [0.3, 0.4) is 0 Å². The number of nitrogens with one attached hydrogen (secondary N) is 1. The zero-order valence-electron chi connectivity index (χ0n) is 13.8. The van der Waals surface area contributed by atoms with Crippen LogP contribution in [0, 0.1) is 5.82 Å². The number of hydrogen-bond donors (Lipinski definition) is 1. The van der Waals surface area contributed by atoms with Gasteiger partial charge in [-0.15, -0.1) is 6.58 Å². The third-order valence-electron chi connectivity index (χ3n) is 3.46. The standard InChI is InChI=1S/C18H19FN2O3S/c1-3-12-20-18(22)15-6-10-17(11-7-15)21(25(2,23)24)13-14-4-8-16(19)9-5-14/h3-11H,1,12-13H2,2H3,(H,20,22). The van der Waals surface area contributed by atoms with Gasteiger partial charge in [-0.3, -0.25) is 9.10 Å². The molecule has 132 valence electrons. The van der Waals surface area contributed by atoms with Gasteiger partial charge in [0.05, 0.1) is 18.5 Å². The zero-order chi connectivity index (χ0) is 18.4. The number of hydrogen-bond acceptors (Lipinski definition) is 3. The number of anilines is 1. The van der Waals surface area contributed by atoms with Crippen LogP contribution in [-0.4, -0.2) is 27.1 Å². The maximum atomic E-state index is 13.0. The summed E-state index contributed by atoms with van der Waals surface area (Å²) in [5, 5.41) is 2.65. The predicted molar refractivity (Wildman–Crippen MR) is 96.4 cm³/mol. The molecular weight excluding hydrogens is 343 g/mol. The monoisotopic (exact) mass is 362 g/mol. The summed E-state index contributed by atoms with van der Waals surface area (Å²) in [5.41, 5.74) is 1.49. The summed E-state index contributed by atoms with van der Waals surface area (Å²) >= 11 is 0. The van der Waals surface area contributed by atoms with Crippen LogP contribution in [0.25, 0.3) is 0 Å². The summed E-state index contributed by atoms with van der Waals surface area (Å²) in [6.45, 7) is 3.94. The van der Waals surface area contributed by atoms with Gasteiger partial charge in [-0.05, 0) is 42.0 Å². The summed E-state index contributed by atoms with van der Waals surface area (Å²) in [5.74, 6) is -0.652. The lowest BCUT2D eigenvalue weighted by Gasteiger charge is -2.22. The molecule has 1 N–H and O–H groups in total. The molecule has 0 radical (unpaired) electrons. The first-order chi connectivity index (χ1) is 11.8. The highest BCUT2D eigenvalue weighted by molar-refractivity contribution is 7.92. The van der Waals surface area contributed by atoms with E-state index in [1.165, 1.54) is 28.6 Å². The summed E-state index contributed by atoms with van der Waals surface area (Å²) in [6, 6.07) is 11.9. The molecule has 0 fully saturated rings. The molecule has 2 rings (SSSR count). The molecule has 0 aliphatic heterocycles. The minimum atomic E-state index is -3.55. The van der Waals surface area contributed by atoms with Crippen LogP contribution >= 0.6 is 0 Å². The van der Waals surface area contributed by atoms with E-state index in [4.69, 9.17) is 0 Å². The Bertz CT molecular complexity index is 847. The fraction of sp³-hybridized carbons (Fsp3) is 0.167. The van der Waals surface area contributed by atoms with Crippen molar-refractivity contribution >= 4 is 21.6 Å². The van der Waals surface area contributed by atoms with E-state index < -0.39 is 10.0 Å². The van der Waals surface area contributed by atoms with Crippen molar-refractivity contribution in [1.82, 2.24) is 5.32 Å². The Morgan fingerprint density at radius 2 is 1.76 bits per heavy atom. The second-order valence-electron chi connectivity index (χ2n) is 5.44. The van der Waals surface area contributed by atoms with Crippen LogP contribution in [0.4, 0.5) is 10.1 Å². The number of benzene rings is 2. The second-order valence-corrected chi connectivity index (χ2v) is 7.35. The average Bonchev–Trinajstić information content (AvgIpc) is 2.58. The first-order valence-electron chi connectivity index (χ1n) is 7.52. The van der Waals surface area contributed by atoms with E-state index in [0.717, 1.165) is 6.26 Å². The van der Waals surface area contributed by atoms with E-state index >= 15 is 0 Å². The lowest BCUT2D eigenvalue weighted by molar-refractivity contribution is 0.0958. The van der Waals surface area contributed by atoms with E-state index in [1.807, 2.05) is 0 Å². The molecule has 2 aromatic rings. The third kappa shape index (κ3) is 5.15. The minimum absolute atomic E-state index is 0.0706. The quantitative estimate of drug-likeness (QED) is 0.770. The lowest BCUT2D eigenvalue weighted by Crippen LogP contribution is -2.29. The second kappa shape index (κ2) is 7.94. The SMILES string of the molecule is C=CCNC(=O)c1ccc(N(Cc2ccc(F)cc2)S(C)(=O)=O)cc1. The topological polar surface area (TPSA) is 66.5 Å².